The second-order valence-electron chi connectivity index (χ2n) is 18.2. The number of carbonyl (C=O) groups excluding carboxylic acids is 6. The normalized spacial score (nSPS) is 24.3. The van der Waals surface area contributed by atoms with Crippen molar-refractivity contribution in [2.75, 3.05) is 26.2 Å². The van der Waals surface area contributed by atoms with Crippen molar-refractivity contribution in [3.8, 4) is 0 Å². The predicted octanol–water partition coefficient (Wildman–Crippen LogP) is 3.79. The minimum atomic E-state index is -1.03. The maximum Gasteiger partial charge on any atom is 0.315 e. The molecule has 4 N–H and O–H groups in total. The van der Waals surface area contributed by atoms with Gasteiger partial charge < -0.3 is 31.1 Å². The molecule has 12 heteroatoms. The number of piperidine rings is 2. The van der Waals surface area contributed by atoms with Crippen LogP contribution < -0.4 is 21.3 Å². The molecule has 0 spiro atoms. The van der Waals surface area contributed by atoms with E-state index in [1.807, 2.05) is 53.4 Å². The largest absolute Gasteiger partial charge is 0.346 e. The molecule has 0 radical (unpaired) electrons. The van der Waals surface area contributed by atoms with Crippen LogP contribution in [0.1, 0.15) is 108 Å². The van der Waals surface area contributed by atoms with Gasteiger partial charge in [-0.2, -0.15) is 0 Å². The van der Waals surface area contributed by atoms with Crippen molar-refractivity contribution in [3.63, 3.8) is 0 Å². The smallest absolute Gasteiger partial charge is 0.315 e. The Balaban J connectivity index is 1.81. The second-order valence-corrected chi connectivity index (χ2v) is 18.2. The first-order chi connectivity index (χ1) is 23.0. The van der Waals surface area contributed by atoms with Gasteiger partial charge in [-0.05, 0) is 46.3 Å². The summed E-state index contributed by atoms with van der Waals surface area (Å²) in [7, 11) is 0. The SMILES string of the molecule is C=CCNC(=O)C(=O)C(CCCC)NC(=O)[C@@H]1[C@@H]2[C@H](CN1C(=O)[C@@H](NC(=O)N[C@@H](CN1CCC(C)(C)CC1=O)C(C)(C)C)C(C)(C)C)C2(C)C. The maximum atomic E-state index is 14.5. The van der Waals surface area contributed by atoms with E-state index in [4.69, 9.17) is 0 Å². The van der Waals surface area contributed by atoms with E-state index < -0.39 is 47.2 Å². The van der Waals surface area contributed by atoms with E-state index in [9.17, 15) is 28.8 Å². The Labute approximate surface area is 299 Å². The van der Waals surface area contributed by atoms with Crippen molar-refractivity contribution in [1.82, 2.24) is 31.1 Å². The Morgan fingerprint density at radius 1 is 0.980 bits per heavy atom. The Morgan fingerprint density at radius 3 is 2.16 bits per heavy atom. The van der Waals surface area contributed by atoms with Crippen molar-refractivity contribution >= 4 is 35.4 Å². The highest BCUT2D eigenvalue weighted by Crippen LogP contribution is 2.65. The Morgan fingerprint density at radius 2 is 1.62 bits per heavy atom. The molecule has 2 heterocycles. The lowest BCUT2D eigenvalue weighted by molar-refractivity contribution is -0.145. The highest BCUT2D eigenvalue weighted by molar-refractivity contribution is 6.38. The minimum absolute atomic E-state index is 0.0535. The van der Waals surface area contributed by atoms with Gasteiger partial charge in [0.2, 0.25) is 23.5 Å². The van der Waals surface area contributed by atoms with E-state index in [1.54, 1.807) is 4.90 Å². The van der Waals surface area contributed by atoms with E-state index in [0.717, 1.165) is 12.8 Å². The number of Topliss-reactive ketones (excluding diaryl/α,β-unsaturated/α-hetero) is 1. The van der Waals surface area contributed by atoms with Gasteiger partial charge in [0.1, 0.15) is 12.1 Å². The molecule has 0 aromatic rings. The van der Waals surface area contributed by atoms with Gasteiger partial charge in [0, 0.05) is 32.6 Å². The number of amides is 6. The molecule has 12 nitrogen and oxygen atoms in total. The van der Waals surface area contributed by atoms with Crippen molar-refractivity contribution in [2.45, 2.75) is 132 Å². The second kappa shape index (κ2) is 15.4. The summed E-state index contributed by atoms with van der Waals surface area (Å²) < 4.78 is 0. The number of nitrogens with zero attached hydrogens (tertiary/aromatic N) is 2. The maximum absolute atomic E-state index is 14.5. The summed E-state index contributed by atoms with van der Waals surface area (Å²) in [6.07, 6.45) is 4.49. The zero-order valence-electron chi connectivity index (χ0n) is 32.5. The third-order valence-electron chi connectivity index (χ3n) is 11.1. The van der Waals surface area contributed by atoms with Crippen LogP contribution >= 0.6 is 0 Å². The van der Waals surface area contributed by atoms with Gasteiger partial charge >= 0.3 is 6.03 Å². The Kier molecular flexibility index (Phi) is 12.7. The van der Waals surface area contributed by atoms with Crippen LogP contribution in [0.3, 0.4) is 0 Å². The standard InChI is InChI=1S/C38H64N6O6/c1-13-15-16-24(29(46)32(48)39-18-14-2)40-31(47)28-27-23(38(27,11)12)21-44(28)33(49)30(36(6,7)8)42-34(50)41-25(35(3,4)5)22-43-19-17-37(9,10)20-26(43)45/h14,23-25,27-28,30H,2,13,15-22H2,1,3-12H3,(H,39,48)(H,40,47)(H2,41,42,50)/t23-,24?,25-,27-,28-,30+/m0/s1. The van der Waals surface area contributed by atoms with Crippen LogP contribution in [0.5, 0.6) is 0 Å². The quantitative estimate of drug-likeness (QED) is 0.160. The molecule has 282 valence electrons. The van der Waals surface area contributed by atoms with Gasteiger partial charge in [0.25, 0.3) is 5.91 Å². The molecule has 1 saturated carbocycles. The number of rotatable bonds is 14. The lowest BCUT2D eigenvalue weighted by Crippen LogP contribution is -2.63. The van der Waals surface area contributed by atoms with Crippen molar-refractivity contribution in [2.24, 2.45) is 33.5 Å². The number of ketones is 1. The summed E-state index contributed by atoms with van der Waals surface area (Å²) in [4.78, 5) is 84.2. The molecule has 0 aromatic carbocycles. The Hall–Kier alpha value is -3.44. The topological polar surface area (TPSA) is 157 Å². The number of fused-ring (bicyclic) bond motifs is 1. The molecule has 3 fully saturated rings. The molecule has 1 unspecified atom stereocenters. The summed E-state index contributed by atoms with van der Waals surface area (Å²) in [5.74, 6) is -2.36. The molecule has 0 aromatic heterocycles. The number of urea groups is 1. The van der Waals surface area contributed by atoms with Crippen molar-refractivity contribution in [3.05, 3.63) is 12.7 Å². The third kappa shape index (κ3) is 9.66. The molecule has 1 aliphatic carbocycles. The van der Waals surface area contributed by atoms with Crippen LogP contribution in [-0.2, 0) is 24.0 Å². The number of unbranched alkanes of at least 4 members (excludes halogenated alkanes) is 1. The molecule has 6 amide bonds. The first-order valence-corrected chi connectivity index (χ1v) is 18.3. The highest BCUT2D eigenvalue weighted by Gasteiger charge is 2.70. The molecule has 50 heavy (non-hydrogen) atoms. The lowest BCUT2D eigenvalue weighted by Gasteiger charge is -2.41. The van der Waals surface area contributed by atoms with E-state index in [1.165, 1.54) is 6.08 Å². The summed E-state index contributed by atoms with van der Waals surface area (Å²) in [5, 5.41) is 11.3. The average molecular weight is 701 g/mol. The molecule has 3 aliphatic rings. The van der Waals surface area contributed by atoms with E-state index in [2.05, 4.69) is 55.5 Å². The number of carbonyl (C=O) groups is 6. The first kappa shape index (κ1) is 41.0. The van der Waals surface area contributed by atoms with Crippen molar-refractivity contribution in [1.29, 1.82) is 0 Å². The Bertz CT molecular complexity index is 1330. The fourth-order valence-electron chi connectivity index (χ4n) is 7.42. The van der Waals surface area contributed by atoms with Gasteiger partial charge in [-0.1, -0.05) is 95.1 Å². The van der Waals surface area contributed by atoms with Crippen LogP contribution in [0.15, 0.2) is 12.7 Å². The number of hydrogen-bond acceptors (Lipinski definition) is 6. The van der Waals surface area contributed by atoms with Gasteiger partial charge in [-0.25, -0.2) is 4.79 Å². The summed E-state index contributed by atoms with van der Waals surface area (Å²) in [6, 6.07) is -3.77. The van der Waals surface area contributed by atoms with Crippen LogP contribution in [0.25, 0.3) is 0 Å². The highest BCUT2D eigenvalue weighted by atomic mass is 16.2. The number of likely N-dealkylation sites (tertiary alicyclic amines) is 2. The average Bonchev–Trinajstić information content (AvgIpc) is 3.31. The van der Waals surface area contributed by atoms with Gasteiger partial charge in [-0.15, -0.1) is 6.58 Å². The lowest BCUT2D eigenvalue weighted by atomic mass is 9.81. The molecule has 0 bridgehead atoms. The number of hydrogen-bond donors (Lipinski definition) is 4. The van der Waals surface area contributed by atoms with Crippen molar-refractivity contribution < 1.29 is 28.8 Å². The molecule has 2 saturated heterocycles. The molecular weight excluding hydrogens is 636 g/mol. The summed E-state index contributed by atoms with van der Waals surface area (Å²) in [5.41, 5.74) is -1.34. The fraction of sp³-hybridized carbons (Fsp3) is 0.789. The molecule has 2 aliphatic heterocycles. The van der Waals surface area contributed by atoms with Gasteiger partial charge in [0.05, 0.1) is 12.1 Å². The van der Waals surface area contributed by atoms with E-state index >= 15 is 0 Å². The van der Waals surface area contributed by atoms with Gasteiger partial charge in [-0.3, -0.25) is 24.0 Å². The summed E-state index contributed by atoms with van der Waals surface area (Å²) >= 11 is 0. The minimum Gasteiger partial charge on any atom is -0.346 e. The molecule has 3 rings (SSSR count). The molecular formula is C38H64N6O6. The third-order valence-corrected chi connectivity index (χ3v) is 11.1. The van der Waals surface area contributed by atoms with E-state index in [0.29, 0.717) is 38.9 Å². The monoisotopic (exact) mass is 700 g/mol. The zero-order valence-corrected chi connectivity index (χ0v) is 32.5. The fourth-order valence-corrected chi connectivity index (χ4v) is 7.42. The van der Waals surface area contributed by atoms with Crippen LogP contribution in [-0.4, -0.2) is 95.6 Å². The van der Waals surface area contributed by atoms with E-state index in [-0.39, 0.29) is 52.5 Å². The predicted molar refractivity (Wildman–Crippen MR) is 194 cm³/mol. The first-order valence-electron chi connectivity index (χ1n) is 18.3. The molecule has 6 atom stereocenters. The zero-order chi connectivity index (χ0) is 38.0. The van der Waals surface area contributed by atoms with Crippen LogP contribution in [0.2, 0.25) is 0 Å². The van der Waals surface area contributed by atoms with Crippen LogP contribution in [0.4, 0.5) is 4.79 Å². The van der Waals surface area contributed by atoms with Gasteiger partial charge in [0.15, 0.2) is 0 Å². The number of nitrogens with one attached hydrogen (secondary N) is 4. The summed E-state index contributed by atoms with van der Waals surface area (Å²) in [6.45, 7) is 26.9. The van der Waals surface area contributed by atoms with Crippen LogP contribution in [0, 0.1) is 33.5 Å².